The lowest BCUT2D eigenvalue weighted by Gasteiger charge is -2.32. The van der Waals surface area contributed by atoms with Crippen LogP contribution in [-0.2, 0) is 18.3 Å². The number of para-hydroxylation sites is 2. The molecule has 1 aromatic heterocycles. The Balaban J connectivity index is 0.00000300. The lowest BCUT2D eigenvalue weighted by Crippen LogP contribution is -2.49. The van der Waals surface area contributed by atoms with Crippen LogP contribution in [0.2, 0.25) is 0 Å². The van der Waals surface area contributed by atoms with E-state index in [1.165, 1.54) is 0 Å². The number of amides is 1. The van der Waals surface area contributed by atoms with Crippen molar-refractivity contribution in [3.05, 3.63) is 30.1 Å². The molecular formula is C20H31IN6O2. The predicted octanol–water partition coefficient (Wildman–Crippen LogP) is 2.87. The Bertz CT molecular complexity index is 829. The number of nitrogens with one attached hydrogen (secondary N) is 2. The highest BCUT2D eigenvalue weighted by molar-refractivity contribution is 14.0. The SMILES string of the molecule is CCNC(=NCc1nc2ccccc2n1C)NC1CCN(C(=O)OCC)CC1.I. The van der Waals surface area contributed by atoms with E-state index in [2.05, 4.69) is 33.2 Å². The number of carbonyl (C=O) groups is 1. The van der Waals surface area contributed by atoms with Gasteiger partial charge in [-0.15, -0.1) is 24.0 Å². The Morgan fingerprint density at radius 3 is 2.66 bits per heavy atom. The summed E-state index contributed by atoms with van der Waals surface area (Å²) in [5.41, 5.74) is 2.09. The zero-order chi connectivity index (χ0) is 19.9. The molecule has 1 aromatic carbocycles. The molecule has 1 saturated heterocycles. The number of rotatable bonds is 5. The number of carbonyl (C=O) groups excluding carboxylic acids is 1. The van der Waals surface area contributed by atoms with Crippen molar-refractivity contribution in [3.8, 4) is 0 Å². The Hall–Kier alpha value is -2.04. The van der Waals surface area contributed by atoms with Gasteiger partial charge in [0.05, 0.1) is 17.6 Å². The van der Waals surface area contributed by atoms with E-state index in [1.54, 1.807) is 4.90 Å². The molecule has 1 fully saturated rings. The van der Waals surface area contributed by atoms with Crippen molar-refractivity contribution in [2.24, 2.45) is 12.0 Å². The molecule has 9 heteroatoms. The van der Waals surface area contributed by atoms with Crippen molar-refractivity contribution in [3.63, 3.8) is 0 Å². The van der Waals surface area contributed by atoms with Gasteiger partial charge in [0.1, 0.15) is 12.4 Å². The summed E-state index contributed by atoms with van der Waals surface area (Å²) < 4.78 is 7.16. The van der Waals surface area contributed by atoms with Crippen molar-refractivity contribution in [2.45, 2.75) is 39.3 Å². The molecule has 2 aromatic rings. The first-order valence-corrected chi connectivity index (χ1v) is 9.99. The second kappa shape index (κ2) is 11.2. The third-order valence-corrected chi connectivity index (χ3v) is 4.96. The van der Waals surface area contributed by atoms with Gasteiger partial charge in [-0.05, 0) is 38.8 Å². The summed E-state index contributed by atoms with van der Waals surface area (Å²) in [5, 5.41) is 6.80. The maximum absolute atomic E-state index is 11.8. The number of benzene rings is 1. The molecule has 8 nitrogen and oxygen atoms in total. The van der Waals surface area contributed by atoms with Crippen LogP contribution >= 0.6 is 24.0 Å². The smallest absolute Gasteiger partial charge is 0.409 e. The Morgan fingerprint density at radius 1 is 1.28 bits per heavy atom. The van der Waals surface area contributed by atoms with Crippen LogP contribution in [0.15, 0.2) is 29.3 Å². The van der Waals surface area contributed by atoms with E-state index in [-0.39, 0.29) is 36.1 Å². The fourth-order valence-electron chi connectivity index (χ4n) is 3.42. The molecule has 0 atom stereocenters. The number of aliphatic imine (C=N–C) groups is 1. The van der Waals surface area contributed by atoms with Crippen molar-refractivity contribution in [1.82, 2.24) is 25.1 Å². The Labute approximate surface area is 189 Å². The van der Waals surface area contributed by atoms with Crippen LogP contribution in [0.1, 0.15) is 32.5 Å². The number of aryl methyl sites for hydroxylation is 1. The van der Waals surface area contributed by atoms with Crippen LogP contribution in [0, 0.1) is 0 Å². The summed E-state index contributed by atoms with van der Waals surface area (Å²) in [5.74, 6) is 1.71. The summed E-state index contributed by atoms with van der Waals surface area (Å²) in [6.45, 7) is 6.97. The monoisotopic (exact) mass is 514 g/mol. The quantitative estimate of drug-likeness (QED) is 0.365. The highest BCUT2D eigenvalue weighted by Crippen LogP contribution is 2.15. The Kier molecular flexibility index (Phi) is 8.99. The van der Waals surface area contributed by atoms with Gasteiger partial charge in [0.25, 0.3) is 0 Å². The van der Waals surface area contributed by atoms with Gasteiger partial charge in [-0.1, -0.05) is 12.1 Å². The number of aromatic nitrogens is 2. The number of ether oxygens (including phenoxy) is 1. The maximum atomic E-state index is 11.8. The van der Waals surface area contributed by atoms with Gasteiger partial charge in [-0.25, -0.2) is 14.8 Å². The number of hydrogen-bond donors (Lipinski definition) is 2. The van der Waals surface area contributed by atoms with Crippen LogP contribution in [-0.4, -0.2) is 58.8 Å². The second-order valence-electron chi connectivity index (χ2n) is 6.88. The average Bonchev–Trinajstić information content (AvgIpc) is 3.03. The van der Waals surface area contributed by atoms with Crippen molar-refractivity contribution in [1.29, 1.82) is 0 Å². The fourth-order valence-corrected chi connectivity index (χ4v) is 3.42. The average molecular weight is 514 g/mol. The second-order valence-corrected chi connectivity index (χ2v) is 6.88. The first kappa shape index (κ1) is 23.2. The molecule has 0 aliphatic carbocycles. The number of guanidine groups is 1. The van der Waals surface area contributed by atoms with Crippen molar-refractivity contribution >= 4 is 47.1 Å². The first-order valence-electron chi connectivity index (χ1n) is 9.99. The molecule has 0 spiro atoms. The molecule has 29 heavy (non-hydrogen) atoms. The topological polar surface area (TPSA) is 83.8 Å². The van der Waals surface area contributed by atoms with Crippen LogP contribution in [0.25, 0.3) is 11.0 Å². The van der Waals surface area contributed by atoms with Gasteiger partial charge in [0.15, 0.2) is 5.96 Å². The molecule has 3 rings (SSSR count). The minimum Gasteiger partial charge on any atom is -0.450 e. The standard InChI is InChI=1S/C20H30N6O2.HI/c1-4-21-19(23-15-10-12-26(13-11-15)20(27)28-5-2)22-14-18-24-16-8-6-7-9-17(16)25(18)3;/h6-9,15H,4-5,10-14H2,1-3H3,(H2,21,22,23);1H. The van der Waals surface area contributed by atoms with Gasteiger partial charge < -0.3 is 24.8 Å². The summed E-state index contributed by atoms with van der Waals surface area (Å²) in [6, 6.07) is 8.38. The van der Waals surface area contributed by atoms with E-state index < -0.39 is 0 Å². The van der Waals surface area contributed by atoms with Gasteiger partial charge >= 0.3 is 6.09 Å². The first-order chi connectivity index (χ1) is 13.6. The summed E-state index contributed by atoms with van der Waals surface area (Å²) in [6.07, 6.45) is 1.52. The van der Waals surface area contributed by atoms with Crippen LogP contribution in [0.5, 0.6) is 0 Å². The van der Waals surface area contributed by atoms with E-state index in [4.69, 9.17) is 9.73 Å². The number of nitrogens with zero attached hydrogens (tertiary/aromatic N) is 4. The molecule has 1 aliphatic heterocycles. The van der Waals surface area contributed by atoms with E-state index in [9.17, 15) is 4.79 Å². The molecule has 0 unspecified atom stereocenters. The fraction of sp³-hybridized carbons (Fsp3) is 0.550. The predicted molar refractivity (Wildman–Crippen MR) is 126 cm³/mol. The maximum Gasteiger partial charge on any atom is 0.409 e. The number of imidazole rings is 1. The van der Waals surface area contributed by atoms with Gasteiger partial charge in [0, 0.05) is 32.7 Å². The highest BCUT2D eigenvalue weighted by atomic mass is 127. The molecule has 2 heterocycles. The number of piperidine rings is 1. The van der Waals surface area contributed by atoms with E-state index in [0.29, 0.717) is 26.2 Å². The van der Waals surface area contributed by atoms with Gasteiger partial charge in [0.2, 0.25) is 0 Å². The normalized spacial score (nSPS) is 15.1. The highest BCUT2D eigenvalue weighted by Gasteiger charge is 2.24. The lowest BCUT2D eigenvalue weighted by atomic mass is 10.1. The van der Waals surface area contributed by atoms with Gasteiger partial charge in [-0.3, -0.25) is 0 Å². The van der Waals surface area contributed by atoms with E-state index in [0.717, 1.165) is 42.2 Å². The molecule has 1 amide bonds. The zero-order valence-corrected chi connectivity index (χ0v) is 19.7. The van der Waals surface area contributed by atoms with E-state index in [1.807, 2.05) is 32.2 Å². The van der Waals surface area contributed by atoms with Crippen LogP contribution in [0.3, 0.4) is 0 Å². The number of halogens is 1. The molecular weight excluding hydrogens is 483 g/mol. The minimum absolute atomic E-state index is 0. The summed E-state index contributed by atoms with van der Waals surface area (Å²) >= 11 is 0. The number of hydrogen-bond acceptors (Lipinski definition) is 4. The summed E-state index contributed by atoms with van der Waals surface area (Å²) in [4.78, 5) is 23.0. The van der Waals surface area contributed by atoms with E-state index >= 15 is 0 Å². The minimum atomic E-state index is -0.219. The molecule has 0 bridgehead atoms. The molecule has 2 N–H and O–H groups in total. The number of likely N-dealkylation sites (tertiary alicyclic amines) is 1. The summed E-state index contributed by atoms with van der Waals surface area (Å²) in [7, 11) is 2.02. The largest absolute Gasteiger partial charge is 0.450 e. The van der Waals surface area contributed by atoms with Crippen LogP contribution < -0.4 is 10.6 Å². The molecule has 1 aliphatic rings. The van der Waals surface area contributed by atoms with Crippen molar-refractivity contribution in [2.75, 3.05) is 26.2 Å². The lowest BCUT2D eigenvalue weighted by molar-refractivity contribution is 0.0963. The molecule has 0 saturated carbocycles. The Morgan fingerprint density at radius 2 is 2.00 bits per heavy atom. The van der Waals surface area contributed by atoms with Crippen molar-refractivity contribution < 1.29 is 9.53 Å². The zero-order valence-electron chi connectivity index (χ0n) is 17.4. The third-order valence-electron chi connectivity index (χ3n) is 4.96. The van der Waals surface area contributed by atoms with Crippen LogP contribution in [0.4, 0.5) is 4.79 Å². The van der Waals surface area contributed by atoms with Gasteiger partial charge in [-0.2, -0.15) is 0 Å². The molecule has 0 radical (unpaired) electrons. The molecule has 160 valence electrons. The number of fused-ring (bicyclic) bond motifs is 1. The third kappa shape index (κ3) is 5.97.